The van der Waals surface area contributed by atoms with Crippen molar-refractivity contribution in [2.75, 3.05) is 12.4 Å². The van der Waals surface area contributed by atoms with Crippen molar-refractivity contribution in [1.29, 1.82) is 0 Å². The van der Waals surface area contributed by atoms with Crippen molar-refractivity contribution in [1.82, 2.24) is 9.55 Å². The number of rotatable bonds is 8. The molecule has 2 aromatic carbocycles. The minimum atomic E-state index is -0.192. The molecular weight excluding hydrogens is 372 g/mol. The molecular formula is C22H24N2O3S. The van der Waals surface area contributed by atoms with Gasteiger partial charge in [0.2, 0.25) is 0 Å². The number of fused-ring (bicyclic) bond motifs is 1. The van der Waals surface area contributed by atoms with Gasteiger partial charge in [-0.05, 0) is 49.6 Å². The van der Waals surface area contributed by atoms with Gasteiger partial charge in [0.05, 0.1) is 23.2 Å². The first-order chi connectivity index (χ1) is 13.6. The minimum absolute atomic E-state index is 0.0808. The van der Waals surface area contributed by atoms with Crippen LogP contribution in [0, 0.1) is 0 Å². The summed E-state index contributed by atoms with van der Waals surface area (Å²) in [6.07, 6.45) is 1.98. The van der Waals surface area contributed by atoms with E-state index in [1.54, 1.807) is 17.6 Å². The summed E-state index contributed by atoms with van der Waals surface area (Å²) in [7, 11) is 0. The molecule has 3 aromatic rings. The predicted octanol–water partition coefficient (Wildman–Crippen LogP) is 4.38. The van der Waals surface area contributed by atoms with Gasteiger partial charge in [0.1, 0.15) is 0 Å². The number of para-hydroxylation sites is 1. The maximum atomic E-state index is 13.2. The van der Waals surface area contributed by atoms with Crippen molar-refractivity contribution in [3.8, 4) is 5.69 Å². The van der Waals surface area contributed by atoms with E-state index in [0.717, 1.165) is 12.1 Å². The maximum absolute atomic E-state index is 13.2. The Balaban J connectivity index is 1.92. The zero-order valence-electron chi connectivity index (χ0n) is 16.2. The Hall–Kier alpha value is -2.60. The van der Waals surface area contributed by atoms with Gasteiger partial charge in [-0.15, -0.1) is 0 Å². The number of aromatic nitrogens is 2. The predicted molar refractivity (Wildman–Crippen MR) is 113 cm³/mol. The van der Waals surface area contributed by atoms with Crippen molar-refractivity contribution >= 4 is 28.6 Å². The molecule has 28 heavy (non-hydrogen) atoms. The number of carbonyl (C=O) groups is 1. The third-order valence-electron chi connectivity index (χ3n) is 4.41. The molecule has 6 heteroatoms. The number of aryl methyl sites for hydroxylation is 1. The molecule has 0 fully saturated rings. The Morgan fingerprint density at radius 1 is 1.11 bits per heavy atom. The molecule has 0 saturated carbocycles. The smallest absolute Gasteiger partial charge is 0.305 e. The highest BCUT2D eigenvalue weighted by atomic mass is 32.2. The summed E-state index contributed by atoms with van der Waals surface area (Å²) in [5.74, 6) is 0.485. The van der Waals surface area contributed by atoms with Gasteiger partial charge in [0, 0.05) is 12.2 Å². The van der Waals surface area contributed by atoms with E-state index in [1.807, 2.05) is 42.5 Å². The van der Waals surface area contributed by atoms with Gasteiger partial charge in [0.15, 0.2) is 5.16 Å². The second-order valence-electron chi connectivity index (χ2n) is 6.33. The number of ether oxygens (including phenoxy) is 1. The molecule has 0 radical (unpaired) electrons. The van der Waals surface area contributed by atoms with E-state index in [9.17, 15) is 9.59 Å². The first kappa shape index (κ1) is 20.1. The lowest BCUT2D eigenvalue weighted by molar-refractivity contribution is -0.143. The van der Waals surface area contributed by atoms with Crippen LogP contribution in [-0.2, 0) is 16.0 Å². The second kappa shape index (κ2) is 9.55. The average Bonchev–Trinajstić information content (AvgIpc) is 2.72. The fourth-order valence-corrected chi connectivity index (χ4v) is 3.88. The Morgan fingerprint density at radius 2 is 1.86 bits per heavy atom. The Labute approximate surface area is 168 Å². The van der Waals surface area contributed by atoms with Crippen LogP contribution in [0.5, 0.6) is 0 Å². The van der Waals surface area contributed by atoms with Gasteiger partial charge in [-0.25, -0.2) is 4.98 Å². The average molecular weight is 397 g/mol. The van der Waals surface area contributed by atoms with Gasteiger partial charge in [0.25, 0.3) is 5.56 Å². The van der Waals surface area contributed by atoms with Crippen molar-refractivity contribution in [3.63, 3.8) is 0 Å². The normalized spacial score (nSPS) is 10.9. The summed E-state index contributed by atoms with van der Waals surface area (Å²) in [6.45, 7) is 4.29. The van der Waals surface area contributed by atoms with Crippen LogP contribution in [0.15, 0.2) is 58.5 Å². The minimum Gasteiger partial charge on any atom is -0.466 e. The van der Waals surface area contributed by atoms with Gasteiger partial charge in [-0.3, -0.25) is 14.2 Å². The molecule has 0 spiro atoms. The first-order valence-electron chi connectivity index (χ1n) is 9.53. The van der Waals surface area contributed by atoms with Gasteiger partial charge in [-0.1, -0.05) is 43.0 Å². The lowest BCUT2D eigenvalue weighted by Gasteiger charge is -2.13. The number of nitrogens with zero attached hydrogens (tertiary/aromatic N) is 2. The van der Waals surface area contributed by atoms with Crippen LogP contribution >= 0.6 is 11.8 Å². The van der Waals surface area contributed by atoms with E-state index in [-0.39, 0.29) is 11.5 Å². The molecule has 3 rings (SSSR count). The molecule has 0 aliphatic heterocycles. The standard InChI is InChI=1S/C22H24N2O3S/c1-3-16-11-13-17(14-12-16)24-21(26)18-8-5-6-9-19(18)23-22(24)28-15-7-10-20(25)27-4-2/h5-6,8-9,11-14H,3-4,7,10,15H2,1-2H3. The molecule has 0 saturated heterocycles. The number of esters is 1. The molecule has 0 aliphatic carbocycles. The maximum Gasteiger partial charge on any atom is 0.305 e. The van der Waals surface area contributed by atoms with Crippen LogP contribution in [0.4, 0.5) is 0 Å². The van der Waals surface area contributed by atoms with Crippen LogP contribution in [0.1, 0.15) is 32.3 Å². The number of benzene rings is 2. The number of hydrogen-bond acceptors (Lipinski definition) is 5. The van der Waals surface area contributed by atoms with E-state index in [4.69, 9.17) is 9.72 Å². The fraction of sp³-hybridized carbons (Fsp3) is 0.318. The zero-order chi connectivity index (χ0) is 19.9. The second-order valence-corrected chi connectivity index (χ2v) is 7.39. The van der Waals surface area contributed by atoms with E-state index in [1.165, 1.54) is 17.3 Å². The molecule has 0 unspecified atom stereocenters. The molecule has 0 amide bonds. The summed E-state index contributed by atoms with van der Waals surface area (Å²) in [6, 6.07) is 15.4. The molecule has 0 aliphatic rings. The molecule has 1 heterocycles. The summed E-state index contributed by atoms with van der Waals surface area (Å²) < 4.78 is 6.63. The Kier molecular flexibility index (Phi) is 6.87. The SMILES string of the molecule is CCOC(=O)CCCSc1nc2ccccc2c(=O)n1-c1ccc(CC)cc1. The van der Waals surface area contributed by atoms with Gasteiger partial charge < -0.3 is 4.74 Å². The molecule has 0 atom stereocenters. The van der Waals surface area contributed by atoms with E-state index in [0.29, 0.717) is 41.3 Å². The lowest BCUT2D eigenvalue weighted by Crippen LogP contribution is -2.21. The summed E-state index contributed by atoms with van der Waals surface area (Å²) in [5, 5.41) is 1.23. The fourth-order valence-electron chi connectivity index (χ4n) is 2.93. The van der Waals surface area contributed by atoms with Crippen LogP contribution in [0.25, 0.3) is 16.6 Å². The van der Waals surface area contributed by atoms with E-state index in [2.05, 4.69) is 6.92 Å². The summed E-state index contributed by atoms with van der Waals surface area (Å²) in [5.41, 5.74) is 2.62. The number of carbonyl (C=O) groups excluding carboxylic acids is 1. The van der Waals surface area contributed by atoms with Crippen molar-refractivity contribution in [3.05, 3.63) is 64.4 Å². The molecule has 1 aromatic heterocycles. The number of thioether (sulfide) groups is 1. The summed E-state index contributed by atoms with van der Waals surface area (Å²) in [4.78, 5) is 29.4. The monoisotopic (exact) mass is 396 g/mol. The first-order valence-corrected chi connectivity index (χ1v) is 10.5. The molecule has 0 bridgehead atoms. The quantitative estimate of drug-likeness (QED) is 0.245. The molecule has 146 valence electrons. The van der Waals surface area contributed by atoms with Crippen LogP contribution in [0.2, 0.25) is 0 Å². The zero-order valence-corrected chi connectivity index (χ0v) is 17.0. The Bertz CT molecular complexity index is 1010. The van der Waals surface area contributed by atoms with E-state index >= 15 is 0 Å². The largest absolute Gasteiger partial charge is 0.466 e. The third-order valence-corrected chi connectivity index (χ3v) is 5.43. The number of hydrogen-bond donors (Lipinski definition) is 0. The molecule has 0 N–H and O–H groups in total. The highest BCUT2D eigenvalue weighted by Crippen LogP contribution is 2.22. The van der Waals surface area contributed by atoms with E-state index < -0.39 is 0 Å². The topological polar surface area (TPSA) is 61.2 Å². The van der Waals surface area contributed by atoms with Crippen molar-refractivity contribution in [2.24, 2.45) is 0 Å². The molecule has 5 nitrogen and oxygen atoms in total. The van der Waals surface area contributed by atoms with Crippen LogP contribution < -0.4 is 5.56 Å². The summed E-state index contributed by atoms with van der Waals surface area (Å²) >= 11 is 1.48. The van der Waals surface area contributed by atoms with Crippen LogP contribution in [-0.4, -0.2) is 27.9 Å². The van der Waals surface area contributed by atoms with Crippen LogP contribution in [0.3, 0.4) is 0 Å². The highest BCUT2D eigenvalue weighted by molar-refractivity contribution is 7.99. The highest BCUT2D eigenvalue weighted by Gasteiger charge is 2.13. The van der Waals surface area contributed by atoms with Gasteiger partial charge in [-0.2, -0.15) is 0 Å². The van der Waals surface area contributed by atoms with Crippen molar-refractivity contribution in [2.45, 2.75) is 38.3 Å². The lowest BCUT2D eigenvalue weighted by atomic mass is 10.1. The Morgan fingerprint density at radius 3 is 2.57 bits per heavy atom. The van der Waals surface area contributed by atoms with Gasteiger partial charge >= 0.3 is 5.97 Å². The third kappa shape index (κ3) is 4.62. The van der Waals surface area contributed by atoms with Crippen molar-refractivity contribution < 1.29 is 9.53 Å².